The van der Waals surface area contributed by atoms with Crippen LogP contribution >= 0.6 is 21.8 Å². The van der Waals surface area contributed by atoms with Gasteiger partial charge < -0.3 is 0 Å². The third-order valence-corrected chi connectivity index (χ3v) is 3.18. The van der Waals surface area contributed by atoms with Crippen LogP contribution in [0, 0.1) is 0 Å². The molecule has 0 fully saturated rings. The van der Waals surface area contributed by atoms with Crippen molar-refractivity contribution in [2.45, 2.75) is 13.3 Å². The van der Waals surface area contributed by atoms with Gasteiger partial charge in [-0.05, 0) is 31.5 Å². The van der Waals surface area contributed by atoms with Crippen molar-refractivity contribution in [3.8, 4) is 0 Å². The van der Waals surface area contributed by atoms with E-state index in [1.165, 1.54) is 12.2 Å². The fourth-order valence-electron chi connectivity index (χ4n) is 0.226. The summed E-state index contributed by atoms with van der Waals surface area (Å²) < 4.78 is 2.11. The van der Waals surface area contributed by atoms with Gasteiger partial charge in [0.2, 0.25) is 0 Å². The van der Waals surface area contributed by atoms with Crippen LogP contribution < -0.4 is 0 Å². The second-order valence-electron chi connectivity index (χ2n) is 1.71. The third kappa shape index (κ3) is 6.66. The highest BCUT2D eigenvalue weighted by atomic mass is 33.1. The Kier molecular flexibility index (Phi) is 6.27. The first kappa shape index (κ1) is 8.66. The topological polar surface area (TPSA) is 3.24 Å². The van der Waals surface area contributed by atoms with Crippen molar-refractivity contribution in [2.24, 2.45) is 0 Å². The van der Waals surface area contributed by atoms with Gasteiger partial charge in [0.25, 0.3) is 0 Å². The lowest BCUT2D eigenvalue weighted by Gasteiger charge is -2.04. The first-order valence-corrected chi connectivity index (χ1v) is 5.02. The Bertz CT molecular complexity index is 47.7. The summed E-state index contributed by atoms with van der Waals surface area (Å²) in [5, 5.41) is 0. The molecule has 0 bridgehead atoms. The zero-order chi connectivity index (χ0) is 6.41. The molecule has 50 valence electrons. The van der Waals surface area contributed by atoms with E-state index in [0.717, 1.165) is 0 Å². The molecule has 1 nitrogen and oxygen atoms in total. The number of rotatable bonds is 4. The average molecular weight is 151 g/mol. The fraction of sp³-hybridized carbons (Fsp3) is 1.00. The van der Waals surface area contributed by atoms with E-state index in [2.05, 4.69) is 25.3 Å². The van der Waals surface area contributed by atoms with Gasteiger partial charge in [-0.3, -0.25) is 0 Å². The van der Waals surface area contributed by atoms with E-state index in [0.29, 0.717) is 0 Å². The Morgan fingerprint density at radius 1 is 1.38 bits per heavy atom. The zero-order valence-corrected chi connectivity index (χ0v) is 7.31. The Labute approximate surface area is 59.7 Å². The van der Waals surface area contributed by atoms with Crippen LogP contribution in [0.3, 0.4) is 0 Å². The first-order valence-electron chi connectivity index (χ1n) is 2.74. The van der Waals surface area contributed by atoms with E-state index in [4.69, 9.17) is 0 Å². The Balaban J connectivity index is 2.72. The van der Waals surface area contributed by atoms with E-state index in [9.17, 15) is 0 Å². The summed E-state index contributed by atoms with van der Waals surface area (Å²) in [6, 6.07) is 0. The predicted molar refractivity (Wildman–Crippen MR) is 44.0 cm³/mol. The van der Waals surface area contributed by atoms with Gasteiger partial charge in [-0.15, -0.1) is 0 Å². The minimum atomic E-state index is 1.25. The molecular formula is C5H13NS2. The third-order valence-electron chi connectivity index (χ3n) is 0.489. The molecule has 0 aliphatic rings. The van der Waals surface area contributed by atoms with Crippen molar-refractivity contribution in [3.63, 3.8) is 0 Å². The lowest BCUT2D eigenvalue weighted by Crippen LogP contribution is -1.95. The normalized spacial score (nSPS) is 10.5. The molecule has 0 atom stereocenters. The summed E-state index contributed by atoms with van der Waals surface area (Å²) in [6.07, 6.45) is 1.27. The molecular weight excluding hydrogens is 138 g/mol. The lowest BCUT2D eigenvalue weighted by molar-refractivity contribution is 0.711. The van der Waals surface area contributed by atoms with Crippen molar-refractivity contribution in [2.75, 3.05) is 19.8 Å². The molecule has 0 amide bonds. The van der Waals surface area contributed by atoms with Gasteiger partial charge in [-0.2, -0.15) is 0 Å². The van der Waals surface area contributed by atoms with Crippen molar-refractivity contribution < 1.29 is 0 Å². The summed E-state index contributed by atoms with van der Waals surface area (Å²) in [5.41, 5.74) is 0. The van der Waals surface area contributed by atoms with Gasteiger partial charge >= 0.3 is 0 Å². The maximum absolute atomic E-state index is 2.20. The molecule has 0 spiro atoms. The van der Waals surface area contributed by atoms with Gasteiger partial charge in [-0.25, -0.2) is 4.31 Å². The molecule has 0 saturated carbocycles. The standard InChI is InChI=1S/C5H13NS2/c1-4-5-7-8-6(2)3/h4-5H2,1-3H3. The molecule has 0 saturated heterocycles. The van der Waals surface area contributed by atoms with Gasteiger partial charge in [0.15, 0.2) is 0 Å². The lowest BCUT2D eigenvalue weighted by atomic mass is 10.6. The summed E-state index contributed by atoms with van der Waals surface area (Å²) in [6.45, 7) is 2.20. The van der Waals surface area contributed by atoms with Crippen molar-refractivity contribution in [1.29, 1.82) is 0 Å². The molecule has 0 aromatic rings. The van der Waals surface area contributed by atoms with Crippen molar-refractivity contribution >= 4 is 21.8 Å². The average Bonchev–Trinajstić information content (AvgIpc) is 1.66. The molecule has 8 heavy (non-hydrogen) atoms. The van der Waals surface area contributed by atoms with E-state index in [1.807, 2.05) is 10.8 Å². The Hall–Kier alpha value is 0.660. The largest absolute Gasteiger partial charge is 0.247 e. The van der Waals surface area contributed by atoms with Crippen LogP contribution in [0.2, 0.25) is 0 Å². The monoisotopic (exact) mass is 151 g/mol. The van der Waals surface area contributed by atoms with Crippen LogP contribution in [0.5, 0.6) is 0 Å². The molecule has 0 unspecified atom stereocenters. The van der Waals surface area contributed by atoms with Crippen LogP contribution in [0.4, 0.5) is 0 Å². The van der Waals surface area contributed by atoms with Crippen LogP contribution in [0.15, 0.2) is 0 Å². The zero-order valence-electron chi connectivity index (χ0n) is 5.68. The Morgan fingerprint density at radius 2 is 2.00 bits per heavy atom. The molecule has 0 aliphatic carbocycles. The van der Waals surface area contributed by atoms with Gasteiger partial charge in [0, 0.05) is 5.75 Å². The van der Waals surface area contributed by atoms with Crippen LogP contribution in [-0.4, -0.2) is 24.2 Å². The maximum atomic E-state index is 2.20. The minimum absolute atomic E-state index is 1.25. The fourth-order valence-corrected chi connectivity index (χ4v) is 2.03. The molecule has 3 heteroatoms. The number of hydrogen-bond donors (Lipinski definition) is 0. The molecule has 0 rings (SSSR count). The van der Waals surface area contributed by atoms with Crippen LogP contribution in [0.25, 0.3) is 0 Å². The van der Waals surface area contributed by atoms with Crippen molar-refractivity contribution in [1.82, 2.24) is 4.31 Å². The summed E-state index contributed by atoms with van der Waals surface area (Å²) in [5.74, 6) is 1.25. The number of nitrogens with zero attached hydrogens (tertiary/aromatic N) is 1. The SMILES string of the molecule is CCCSSN(C)C. The molecule has 0 N–H and O–H groups in total. The Morgan fingerprint density at radius 3 is 2.38 bits per heavy atom. The highest BCUT2D eigenvalue weighted by molar-refractivity contribution is 8.75. The van der Waals surface area contributed by atoms with Gasteiger partial charge in [0.1, 0.15) is 0 Å². The second kappa shape index (κ2) is 5.79. The summed E-state index contributed by atoms with van der Waals surface area (Å²) in [7, 11) is 7.84. The highest BCUT2D eigenvalue weighted by Gasteiger charge is 1.87. The van der Waals surface area contributed by atoms with Gasteiger partial charge in [-0.1, -0.05) is 17.7 Å². The van der Waals surface area contributed by atoms with E-state index in [-0.39, 0.29) is 0 Å². The van der Waals surface area contributed by atoms with E-state index in [1.54, 1.807) is 11.0 Å². The number of hydrogen-bond acceptors (Lipinski definition) is 3. The van der Waals surface area contributed by atoms with E-state index < -0.39 is 0 Å². The molecule has 0 aromatic carbocycles. The van der Waals surface area contributed by atoms with Crippen LogP contribution in [-0.2, 0) is 0 Å². The van der Waals surface area contributed by atoms with Gasteiger partial charge in [0.05, 0.1) is 0 Å². The van der Waals surface area contributed by atoms with E-state index >= 15 is 0 Å². The highest BCUT2D eigenvalue weighted by Crippen LogP contribution is 2.22. The first-order chi connectivity index (χ1) is 3.77. The predicted octanol–water partition coefficient (Wildman–Crippen LogP) is 2.25. The van der Waals surface area contributed by atoms with Crippen LogP contribution in [0.1, 0.15) is 13.3 Å². The maximum Gasteiger partial charge on any atom is 0.00468 e. The minimum Gasteiger partial charge on any atom is -0.247 e. The molecule has 0 heterocycles. The molecule has 0 radical (unpaired) electrons. The summed E-state index contributed by atoms with van der Waals surface area (Å²) in [4.78, 5) is 0. The smallest absolute Gasteiger partial charge is 0.00468 e. The molecule has 0 aliphatic heterocycles. The molecule has 0 aromatic heterocycles. The van der Waals surface area contributed by atoms with Crippen molar-refractivity contribution in [3.05, 3.63) is 0 Å². The summed E-state index contributed by atoms with van der Waals surface area (Å²) >= 11 is 0. The quantitative estimate of drug-likeness (QED) is 0.345. The second-order valence-corrected chi connectivity index (χ2v) is 4.39.